The minimum atomic E-state index is -0.891. The van der Waals surface area contributed by atoms with Crippen LogP contribution in [0.4, 0.5) is 14.6 Å². The van der Waals surface area contributed by atoms with Crippen LogP contribution in [0.2, 0.25) is 0 Å². The van der Waals surface area contributed by atoms with Crippen molar-refractivity contribution in [2.24, 2.45) is 0 Å². The number of nitrogens with one attached hydrogen (secondary N) is 2. The second-order valence-electron chi connectivity index (χ2n) is 4.73. The number of benzene rings is 1. The molecule has 0 unspecified atom stereocenters. The average Bonchev–Trinajstić information content (AvgIpc) is 2.55. The molecule has 1 aromatic heterocycles. The van der Waals surface area contributed by atoms with Crippen LogP contribution in [0.5, 0.6) is 5.75 Å². The number of hydrogen-bond donors (Lipinski definition) is 2. The van der Waals surface area contributed by atoms with Crippen molar-refractivity contribution in [3.8, 4) is 5.75 Å². The third-order valence-electron chi connectivity index (χ3n) is 2.86. The maximum absolute atomic E-state index is 13.3. The van der Waals surface area contributed by atoms with Gasteiger partial charge in [0, 0.05) is 25.2 Å². The minimum Gasteiger partial charge on any atom is -0.481 e. The summed E-state index contributed by atoms with van der Waals surface area (Å²) in [4.78, 5) is 27.1. The highest BCUT2D eigenvalue weighted by Crippen LogP contribution is 2.17. The predicted molar refractivity (Wildman–Crippen MR) is 82.3 cm³/mol. The fraction of sp³-hybridized carbons (Fsp3) is 0.188. The van der Waals surface area contributed by atoms with Gasteiger partial charge in [0.2, 0.25) is 5.91 Å². The molecule has 0 saturated carbocycles. The highest BCUT2D eigenvalue weighted by molar-refractivity contribution is 5.90. The van der Waals surface area contributed by atoms with Crippen LogP contribution in [-0.4, -0.2) is 29.9 Å². The molecule has 1 heterocycles. The van der Waals surface area contributed by atoms with Crippen LogP contribution in [-0.2, 0) is 9.59 Å². The Morgan fingerprint density at radius 2 is 1.96 bits per heavy atom. The van der Waals surface area contributed by atoms with Crippen LogP contribution in [0, 0.1) is 11.6 Å². The minimum absolute atomic E-state index is 0.0488. The van der Waals surface area contributed by atoms with E-state index in [0.717, 1.165) is 12.1 Å². The van der Waals surface area contributed by atoms with Gasteiger partial charge in [-0.2, -0.15) is 0 Å². The Morgan fingerprint density at radius 1 is 1.12 bits per heavy atom. The Bertz CT molecular complexity index is 711. The van der Waals surface area contributed by atoms with Gasteiger partial charge in [-0.15, -0.1) is 0 Å². The smallest absolute Gasteiger partial charge is 0.257 e. The molecule has 0 aliphatic rings. The Labute approximate surface area is 136 Å². The summed E-state index contributed by atoms with van der Waals surface area (Å²) in [7, 11) is 0. The lowest BCUT2D eigenvalue weighted by molar-refractivity contribution is -0.123. The number of carbonyl (C=O) groups excluding carboxylic acids is 2. The number of rotatable bonds is 7. The summed E-state index contributed by atoms with van der Waals surface area (Å²) in [5.41, 5.74) is 0. The monoisotopic (exact) mass is 335 g/mol. The molecule has 0 radical (unpaired) electrons. The number of halogens is 2. The average molecular weight is 335 g/mol. The van der Waals surface area contributed by atoms with E-state index in [4.69, 9.17) is 4.74 Å². The molecule has 126 valence electrons. The maximum Gasteiger partial charge on any atom is 0.257 e. The lowest BCUT2D eigenvalue weighted by atomic mass is 10.3. The normalized spacial score (nSPS) is 10.1. The molecule has 8 heteroatoms. The van der Waals surface area contributed by atoms with Gasteiger partial charge in [-0.3, -0.25) is 9.59 Å². The van der Waals surface area contributed by atoms with E-state index >= 15 is 0 Å². The van der Waals surface area contributed by atoms with Gasteiger partial charge in [0.15, 0.2) is 18.2 Å². The van der Waals surface area contributed by atoms with Crippen molar-refractivity contribution < 1.29 is 23.1 Å². The van der Waals surface area contributed by atoms with Gasteiger partial charge in [0.05, 0.1) is 0 Å². The van der Waals surface area contributed by atoms with Crippen molar-refractivity contribution in [2.75, 3.05) is 18.5 Å². The molecule has 0 spiro atoms. The highest BCUT2D eigenvalue weighted by atomic mass is 19.1. The molecular weight excluding hydrogens is 320 g/mol. The molecule has 2 N–H and O–H groups in total. The fourth-order valence-electron chi connectivity index (χ4n) is 1.74. The number of aromatic nitrogens is 1. The first-order chi connectivity index (χ1) is 11.5. The quantitative estimate of drug-likeness (QED) is 0.810. The number of anilines is 1. The standard InChI is InChI=1S/C16H15F2N3O3/c17-11-4-5-13(12(18)9-11)24-10-16(23)20-8-6-15(22)21-14-3-1-2-7-19-14/h1-5,7,9H,6,8,10H2,(H,20,23)(H,19,21,22). The predicted octanol–water partition coefficient (Wildman–Crippen LogP) is 1.88. The van der Waals surface area contributed by atoms with Gasteiger partial charge in [-0.25, -0.2) is 13.8 Å². The summed E-state index contributed by atoms with van der Waals surface area (Å²) in [5, 5.41) is 5.03. The van der Waals surface area contributed by atoms with E-state index in [1.165, 1.54) is 0 Å². The topological polar surface area (TPSA) is 80.3 Å². The van der Waals surface area contributed by atoms with Crippen molar-refractivity contribution in [1.82, 2.24) is 10.3 Å². The van der Waals surface area contributed by atoms with Crippen molar-refractivity contribution in [2.45, 2.75) is 6.42 Å². The fourth-order valence-corrected chi connectivity index (χ4v) is 1.74. The first-order valence-electron chi connectivity index (χ1n) is 7.10. The number of ether oxygens (including phenoxy) is 1. The van der Waals surface area contributed by atoms with Gasteiger partial charge in [-0.05, 0) is 24.3 Å². The van der Waals surface area contributed by atoms with E-state index in [1.54, 1.807) is 24.4 Å². The van der Waals surface area contributed by atoms with E-state index in [-0.39, 0.29) is 24.6 Å². The Morgan fingerprint density at radius 3 is 2.67 bits per heavy atom. The van der Waals surface area contributed by atoms with Crippen LogP contribution in [0.3, 0.4) is 0 Å². The van der Waals surface area contributed by atoms with Crippen LogP contribution < -0.4 is 15.4 Å². The summed E-state index contributed by atoms with van der Waals surface area (Å²) in [6.07, 6.45) is 1.59. The van der Waals surface area contributed by atoms with Crippen LogP contribution in [0.25, 0.3) is 0 Å². The summed E-state index contributed by atoms with van der Waals surface area (Å²) in [5.74, 6) is -2.26. The number of pyridine rings is 1. The van der Waals surface area contributed by atoms with E-state index in [2.05, 4.69) is 15.6 Å². The number of hydrogen-bond acceptors (Lipinski definition) is 4. The largest absolute Gasteiger partial charge is 0.481 e. The van der Waals surface area contributed by atoms with Crippen LogP contribution in [0.15, 0.2) is 42.6 Å². The van der Waals surface area contributed by atoms with Gasteiger partial charge < -0.3 is 15.4 Å². The third-order valence-corrected chi connectivity index (χ3v) is 2.86. The summed E-state index contributed by atoms with van der Waals surface area (Å²) < 4.78 is 31.0. The first kappa shape index (κ1) is 17.3. The summed E-state index contributed by atoms with van der Waals surface area (Å²) in [6.45, 7) is -0.350. The Balaban J connectivity index is 1.67. The van der Waals surface area contributed by atoms with Gasteiger partial charge in [0.1, 0.15) is 11.6 Å². The second kappa shape index (κ2) is 8.56. The van der Waals surface area contributed by atoms with Crippen molar-refractivity contribution in [3.63, 3.8) is 0 Å². The van der Waals surface area contributed by atoms with Crippen molar-refractivity contribution in [1.29, 1.82) is 0 Å². The first-order valence-corrected chi connectivity index (χ1v) is 7.10. The second-order valence-corrected chi connectivity index (χ2v) is 4.73. The van der Waals surface area contributed by atoms with Gasteiger partial charge in [-0.1, -0.05) is 6.07 Å². The summed E-state index contributed by atoms with van der Waals surface area (Å²) >= 11 is 0. The van der Waals surface area contributed by atoms with Crippen LogP contribution >= 0.6 is 0 Å². The third kappa shape index (κ3) is 5.64. The zero-order valence-electron chi connectivity index (χ0n) is 12.6. The van der Waals surface area contributed by atoms with Crippen LogP contribution in [0.1, 0.15) is 6.42 Å². The molecule has 0 atom stereocenters. The highest BCUT2D eigenvalue weighted by Gasteiger charge is 2.09. The summed E-state index contributed by atoms with van der Waals surface area (Å²) in [6, 6.07) is 7.88. The molecule has 2 aromatic rings. The SMILES string of the molecule is O=C(COc1ccc(F)cc1F)NCCC(=O)Nc1ccccn1. The number of amides is 2. The molecule has 0 fully saturated rings. The van der Waals surface area contributed by atoms with E-state index in [9.17, 15) is 18.4 Å². The van der Waals surface area contributed by atoms with Crippen molar-refractivity contribution in [3.05, 3.63) is 54.2 Å². The maximum atomic E-state index is 13.3. The van der Waals surface area contributed by atoms with Crippen molar-refractivity contribution >= 4 is 17.6 Å². The molecule has 0 saturated heterocycles. The molecule has 2 rings (SSSR count). The lowest BCUT2D eigenvalue weighted by Gasteiger charge is -2.08. The molecule has 1 aromatic carbocycles. The van der Waals surface area contributed by atoms with Gasteiger partial charge in [0.25, 0.3) is 5.91 Å². The molecule has 0 aliphatic carbocycles. The molecule has 0 bridgehead atoms. The van der Waals surface area contributed by atoms with Gasteiger partial charge >= 0.3 is 0 Å². The Hall–Kier alpha value is -3.03. The van der Waals surface area contributed by atoms with E-state index < -0.39 is 24.1 Å². The van der Waals surface area contributed by atoms with E-state index in [0.29, 0.717) is 11.9 Å². The number of nitrogens with zero attached hydrogens (tertiary/aromatic N) is 1. The lowest BCUT2D eigenvalue weighted by Crippen LogP contribution is -2.31. The zero-order chi connectivity index (χ0) is 17.4. The molecule has 24 heavy (non-hydrogen) atoms. The molecule has 2 amide bonds. The molecule has 0 aliphatic heterocycles. The zero-order valence-corrected chi connectivity index (χ0v) is 12.6. The molecule has 6 nitrogen and oxygen atoms in total. The number of carbonyl (C=O) groups is 2. The van der Waals surface area contributed by atoms with E-state index in [1.807, 2.05) is 0 Å². The Kier molecular flexibility index (Phi) is 6.18. The molecular formula is C16H15F2N3O3.